The van der Waals surface area contributed by atoms with Gasteiger partial charge in [0.2, 0.25) is 0 Å². The van der Waals surface area contributed by atoms with Crippen LogP contribution in [0, 0.1) is 6.92 Å². The Morgan fingerprint density at radius 3 is 2.76 bits per heavy atom. The van der Waals surface area contributed by atoms with Crippen molar-refractivity contribution in [1.82, 2.24) is 0 Å². The van der Waals surface area contributed by atoms with Crippen LogP contribution in [0.5, 0.6) is 0 Å². The van der Waals surface area contributed by atoms with Gasteiger partial charge in [-0.05, 0) is 50.5 Å². The summed E-state index contributed by atoms with van der Waals surface area (Å²) in [7, 11) is 3.08. The first-order valence-corrected chi connectivity index (χ1v) is 11.2. The molecule has 1 aliphatic rings. The third-order valence-corrected chi connectivity index (χ3v) is 6.18. The van der Waals surface area contributed by atoms with Gasteiger partial charge in [-0.25, -0.2) is 4.79 Å². The third-order valence-electron chi connectivity index (χ3n) is 6.18. The van der Waals surface area contributed by atoms with Crippen molar-refractivity contribution in [2.24, 2.45) is 0 Å². The zero-order chi connectivity index (χ0) is 23.5. The van der Waals surface area contributed by atoms with Crippen LogP contribution in [0.4, 0.5) is 11.6 Å². The zero-order valence-electron chi connectivity index (χ0n) is 19.5. The van der Waals surface area contributed by atoms with Crippen molar-refractivity contribution in [2.75, 3.05) is 37.5 Å². The molecule has 0 spiro atoms. The maximum Gasteiger partial charge on any atom is 0.339 e. The van der Waals surface area contributed by atoms with Crippen molar-refractivity contribution in [3.05, 3.63) is 69.4 Å². The lowest BCUT2D eigenvalue weighted by Crippen LogP contribution is -2.39. The largest absolute Gasteiger partial charge is 0.465 e. The molecule has 7 heteroatoms. The van der Waals surface area contributed by atoms with Crippen molar-refractivity contribution in [3.8, 4) is 0 Å². The van der Waals surface area contributed by atoms with Gasteiger partial charge in [0.15, 0.2) is 11.3 Å². The van der Waals surface area contributed by atoms with Gasteiger partial charge in [0.1, 0.15) is 5.58 Å². The van der Waals surface area contributed by atoms with E-state index in [2.05, 4.69) is 10.2 Å². The topological polar surface area (TPSA) is 81.0 Å². The minimum absolute atomic E-state index is 0.0714. The van der Waals surface area contributed by atoms with Gasteiger partial charge in [0.05, 0.1) is 30.2 Å². The molecule has 1 unspecified atom stereocenters. The Kier molecular flexibility index (Phi) is 6.70. The molecule has 2 atom stereocenters. The van der Waals surface area contributed by atoms with E-state index in [9.17, 15) is 9.59 Å². The molecule has 7 nitrogen and oxygen atoms in total. The summed E-state index contributed by atoms with van der Waals surface area (Å²) >= 11 is 0. The Morgan fingerprint density at radius 1 is 1.21 bits per heavy atom. The Bertz CT molecular complexity index is 1220. The molecule has 1 fully saturated rings. The fourth-order valence-electron chi connectivity index (χ4n) is 4.44. The van der Waals surface area contributed by atoms with E-state index in [4.69, 9.17) is 13.9 Å². The number of fused-ring (bicyclic) bond motifs is 1. The zero-order valence-corrected chi connectivity index (χ0v) is 19.5. The average Bonchev–Trinajstić information content (AvgIpc) is 2.83. The molecule has 2 heterocycles. The lowest BCUT2D eigenvalue weighted by molar-refractivity contribution is 0.0601. The first-order valence-electron chi connectivity index (χ1n) is 11.2. The lowest BCUT2D eigenvalue weighted by Gasteiger charge is -2.32. The summed E-state index contributed by atoms with van der Waals surface area (Å²) in [5, 5.41) is 3.94. The fourth-order valence-corrected chi connectivity index (χ4v) is 4.44. The Labute approximate surface area is 193 Å². The predicted octanol–water partition coefficient (Wildman–Crippen LogP) is 4.68. The number of aryl methyl sites for hydroxylation is 1. The van der Waals surface area contributed by atoms with Crippen molar-refractivity contribution in [3.63, 3.8) is 0 Å². The average molecular weight is 451 g/mol. The summed E-state index contributed by atoms with van der Waals surface area (Å²) in [5.74, 6) is 0.146. The number of nitrogens with zero attached hydrogens (tertiary/aromatic N) is 1. The maximum atomic E-state index is 13.1. The number of anilines is 2. The highest BCUT2D eigenvalue weighted by Crippen LogP contribution is 2.31. The van der Waals surface area contributed by atoms with Gasteiger partial charge in [-0.1, -0.05) is 18.2 Å². The molecule has 1 aromatic heterocycles. The number of carbonyl (C=O) groups is 1. The van der Waals surface area contributed by atoms with Crippen LogP contribution < -0.4 is 15.6 Å². The van der Waals surface area contributed by atoms with Crippen molar-refractivity contribution >= 4 is 28.5 Å². The van der Waals surface area contributed by atoms with Crippen molar-refractivity contribution < 1.29 is 18.7 Å². The van der Waals surface area contributed by atoms with Gasteiger partial charge in [-0.15, -0.1) is 0 Å². The van der Waals surface area contributed by atoms with Gasteiger partial charge in [-0.2, -0.15) is 0 Å². The molecule has 2 aromatic carbocycles. The van der Waals surface area contributed by atoms with Crippen LogP contribution in [-0.2, 0) is 9.47 Å². The van der Waals surface area contributed by atoms with Crippen molar-refractivity contribution in [1.29, 1.82) is 0 Å². The van der Waals surface area contributed by atoms with Gasteiger partial charge in [0.25, 0.3) is 0 Å². The number of hydrogen-bond donors (Lipinski definition) is 1. The molecule has 0 bridgehead atoms. The Balaban J connectivity index is 1.75. The minimum Gasteiger partial charge on any atom is -0.465 e. The van der Waals surface area contributed by atoms with Crippen LogP contribution in [-0.4, -0.2) is 39.4 Å². The molecule has 1 aliphatic heterocycles. The molecule has 4 rings (SSSR count). The highest BCUT2D eigenvalue weighted by Gasteiger charge is 2.24. The number of hydrogen-bond acceptors (Lipinski definition) is 7. The Hall–Kier alpha value is -3.32. The number of ether oxygens (including phenoxy) is 2. The monoisotopic (exact) mass is 450 g/mol. The molecule has 0 saturated carbocycles. The lowest BCUT2D eigenvalue weighted by atomic mass is 10.0. The van der Waals surface area contributed by atoms with Gasteiger partial charge >= 0.3 is 5.97 Å². The van der Waals surface area contributed by atoms with E-state index in [0.717, 1.165) is 30.5 Å². The van der Waals surface area contributed by atoms with E-state index in [0.29, 0.717) is 34.6 Å². The highest BCUT2D eigenvalue weighted by molar-refractivity contribution is 5.95. The van der Waals surface area contributed by atoms with Crippen LogP contribution in [0.15, 0.2) is 51.7 Å². The second kappa shape index (κ2) is 9.67. The van der Waals surface area contributed by atoms with Crippen LogP contribution in [0.3, 0.4) is 0 Å². The molecule has 3 aromatic rings. The number of benzene rings is 2. The summed E-state index contributed by atoms with van der Waals surface area (Å²) in [6.07, 6.45) is 2.09. The summed E-state index contributed by atoms with van der Waals surface area (Å²) in [5.41, 5.74) is 3.40. The minimum atomic E-state index is -0.411. The number of methoxy groups -OCH3 is 2. The molecule has 0 radical (unpaired) electrons. The van der Waals surface area contributed by atoms with Gasteiger partial charge < -0.3 is 24.1 Å². The van der Waals surface area contributed by atoms with Crippen LogP contribution in [0.1, 0.15) is 47.3 Å². The number of carbonyl (C=O) groups excluding carboxylic acids is 1. The molecule has 1 N–H and O–H groups in total. The van der Waals surface area contributed by atoms with Crippen molar-refractivity contribution in [2.45, 2.75) is 38.8 Å². The van der Waals surface area contributed by atoms with Crippen LogP contribution in [0.2, 0.25) is 0 Å². The van der Waals surface area contributed by atoms with E-state index in [1.165, 1.54) is 7.11 Å². The van der Waals surface area contributed by atoms with Gasteiger partial charge in [0, 0.05) is 37.5 Å². The first-order chi connectivity index (χ1) is 15.9. The van der Waals surface area contributed by atoms with Gasteiger partial charge in [-0.3, -0.25) is 4.79 Å². The quantitative estimate of drug-likeness (QED) is 0.546. The summed E-state index contributed by atoms with van der Waals surface area (Å²) in [6.45, 7) is 5.44. The van der Waals surface area contributed by atoms with E-state index in [1.807, 2.05) is 38.1 Å². The predicted molar refractivity (Wildman–Crippen MR) is 129 cm³/mol. The molecular weight excluding hydrogens is 420 g/mol. The van der Waals surface area contributed by atoms with E-state index in [1.54, 1.807) is 25.3 Å². The first kappa shape index (κ1) is 22.9. The third kappa shape index (κ3) is 4.73. The van der Waals surface area contributed by atoms with E-state index in [-0.39, 0.29) is 17.6 Å². The number of para-hydroxylation sites is 1. The number of piperidine rings is 1. The smallest absolute Gasteiger partial charge is 0.339 e. The summed E-state index contributed by atoms with van der Waals surface area (Å²) < 4.78 is 16.8. The molecule has 33 heavy (non-hydrogen) atoms. The maximum absolute atomic E-state index is 13.1. The Morgan fingerprint density at radius 2 is 2.00 bits per heavy atom. The molecule has 0 aliphatic carbocycles. The highest BCUT2D eigenvalue weighted by atomic mass is 16.5. The number of rotatable bonds is 6. The SMILES string of the molecule is COC(=O)c1ccccc1NC(C)c1cc(C)cc2c(=O)cc(N3CCC[C@H](OC)C3)oc12. The fraction of sp³-hybridized carbons (Fsp3) is 0.385. The molecular formula is C26H30N2O5. The van der Waals surface area contributed by atoms with Crippen LogP contribution >= 0.6 is 0 Å². The standard InChI is InChI=1S/C26H30N2O5/c1-16-12-20(17(2)27-22-10-6-5-9-19(22)26(30)32-4)25-21(13-16)23(29)14-24(33-25)28-11-7-8-18(15-28)31-3/h5-6,9-10,12-14,17-18,27H,7-8,11,15H2,1-4H3/t17?,18-/m0/s1. The molecule has 174 valence electrons. The molecule has 0 amide bonds. The van der Waals surface area contributed by atoms with E-state index < -0.39 is 5.97 Å². The second-order valence-corrected chi connectivity index (χ2v) is 8.53. The number of nitrogens with one attached hydrogen (secondary N) is 1. The molecule has 1 saturated heterocycles. The number of esters is 1. The summed E-state index contributed by atoms with van der Waals surface area (Å²) in [4.78, 5) is 27.3. The van der Waals surface area contributed by atoms with Crippen LogP contribution in [0.25, 0.3) is 11.0 Å². The van der Waals surface area contributed by atoms with E-state index >= 15 is 0 Å². The summed E-state index contributed by atoms with van der Waals surface area (Å²) in [6, 6.07) is 12.4. The second-order valence-electron chi connectivity index (χ2n) is 8.53. The normalized spacial score (nSPS) is 17.1.